The Balaban J connectivity index is 1.92. The number of nitrogens with zero attached hydrogens (tertiary/aromatic N) is 1. The van der Waals surface area contributed by atoms with Crippen molar-refractivity contribution in [2.45, 2.75) is 44.6 Å². The summed E-state index contributed by atoms with van der Waals surface area (Å²) in [6, 6.07) is 0. The highest BCUT2D eigenvalue weighted by atomic mass is 16.5. The molecule has 2 rings (SSSR count). The predicted molar refractivity (Wildman–Crippen MR) is 66.7 cm³/mol. The number of hydrogen-bond acceptors (Lipinski definition) is 3. The third-order valence-corrected chi connectivity index (χ3v) is 3.90. The third-order valence-electron chi connectivity index (χ3n) is 3.90. The van der Waals surface area contributed by atoms with Gasteiger partial charge in [0.25, 0.3) is 0 Å². The lowest BCUT2D eigenvalue weighted by atomic mass is 9.98. The van der Waals surface area contributed by atoms with Gasteiger partial charge in [-0.1, -0.05) is 25.7 Å². The normalized spacial score (nSPS) is 26.7. The van der Waals surface area contributed by atoms with Crippen molar-refractivity contribution in [1.29, 1.82) is 0 Å². The number of primary amides is 1. The Morgan fingerprint density at radius 3 is 2.39 bits per heavy atom. The largest absolute Gasteiger partial charge is 0.367 e. The van der Waals surface area contributed by atoms with Gasteiger partial charge in [0.15, 0.2) is 6.10 Å². The van der Waals surface area contributed by atoms with Gasteiger partial charge >= 0.3 is 0 Å². The van der Waals surface area contributed by atoms with Crippen LogP contribution in [-0.4, -0.2) is 42.5 Å². The lowest BCUT2D eigenvalue weighted by Crippen LogP contribution is -2.51. The van der Waals surface area contributed by atoms with Crippen LogP contribution in [0.4, 0.5) is 0 Å². The van der Waals surface area contributed by atoms with E-state index in [1.807, 2.05) is 0 Å². The number of carbonyl (C=O) groups is 2. The van der Waals surface area contributed by atoms with Crippen LogP contribution in [0.15, 0.2) is 0 Å². The number of morpholine rings is 1. The number of nitrogens with two attached hydrogens (primary N) is 1. The maximum atomic E-state index is 12.4. The van der Waals surface area contributed by atoms with E-state index in [1.54, 1.807) is 4.90 Å². The fourth-order valence-corrected chi connectivity index (χ4v) is 2.81. The number of carbonyl (C=O) groups excluding carboxylic acids is 2. The van der Waals surface area contributed by atoms with Crippen LogP contribution in [0.5, 0.6) is 0 Å². The molecule has 18 heavy (non-hydrogen) atoms. The summed E-state index contributed by atoms with van der Waals surface area (Å²) < 4.78 is 5.26. The van der Waals surface area contributed by atoms with Gasteiger partial charge in [-0.05, 0) is 12.8 Å². The summed E-state index contributed by atoms with van der Waals surface area (Å²) in [5.41, 5.74) is 5.23. The Hall–Kier alpha value is -1.10. The first-order chi connectivity index (χ1) is 8.68. The standard InChI is InChI=1S/C13H22N2O3/c14-12(16)11-9-15(7-8-18-11)13(17)10-5-3-1-2-4-6-10/h10-11H,1-9H2,(H2,14,16)/t11-/m1/s1. The van der Waals surface area contributed by atoms with Crippen LogP contribution in [0.3, 0.4) is 0 Å². The number of rotatable bonds is 2. The van der Waals surface area contributed by atoms with E-state index in [-0.39, 0.29) is 11.8 Å². The maximum Gasteiger partial charge on any atom is 0.248 e. The molecule has 1 atom stereocenters. The molecule has 2 aliphatic rings. The molecule has 1 saturated carbocycles. The van der Waals surface area contributed by atoms with Crippen LogP contribution < -0.4 is 5.73 Å². The molecule has 1 aliphatic heterocycles. The quantitative estimate of drug-likeness (QED) is 0.736. The lowest BCUT2D eigenvalue weighted by Gasteiger charge is -2.33. The van der Waals surface area contributed by atoms with Gasteiger partial charge in [0.1, 0.15) is 0 Å². The summed E-state index contributed by atoms with van der Waals surface area (Å²) in [5, 5.41) is 0. The van der Waals surface area contributed by atoms with Crippen LogP contribution in [0.25, 0.3) is 0 Å². The second-order valence-corrected chi connectivity index (χ2v) is 5.23. The van der Waals surface area contributed by atoms with Gasteiger partial charge in [0.05, 0.1) is 13.2 Å². The number of hydrogen-bond donors (Lipinski definition) is 1. The van der Waals surface area contributed by atoms with E-state index in [1.165, 1.54) is 12.8 Å². The Morgan fingerprint density at radius 2 is 1.78 bits per heavy atom. The topological polar surface area (TPSA) is 72.6 Å². The molecule has 1 heterocycles. The molecule has 0 bridgehead atoms. The van der Waals surface area contributed by atoms with E-state index in [4.69, 9.17) is 10.5 Å². The van der Waals surface area contributed by atoms with Crippen molar-refractivity contribution in [2.75, 3.05) is 19.7 Å². The minimum absolute atomic E-state index is 0.138. The summed E-state index contributed by atoms with van der Waals surface area (Å²) in [6.07, 6.45) is 6.08. The van der Waals surface area contributed by atoms with Gasteiger partial charge in [-0.2, -0.15) is 0 Å². The minimum atomic E-state index is -0.631. The minimum Gasteiger partial charge on any atom is -0.367 e. The number of ether oxygens (including phenoxy) is 1. The van der Waals surface area contributed by atoms with Crippen molar-refractivity contribution in [3.05, 3.63) is 0 Å². The molecule has 5 heteroatoms. The van der Waals surface area contributed by atoms with Crippen LogP contribution >= 0.6 is 0 Å². The number of amides is 2. The van der Waals surface area contributed by atoms with E-state index >= 15 is 0 Å². The zero-order valence-corrected chi connectivity index (χ0v) is 10.8. The Morgan fingerprint density at radius 1 is 1.11 bits per heavy atom. The molecule has 102 valence electrons. The average molecular weight is 254 g/mol. The third kappa shape index (κ3) is 3.22. The monoisotopic (exact) mass is 254 g/mol. The van der Waals surface area contributed by atoms with Crippen molar-refractivity contribution in [3.8, 4) is 0 Å². The highest BCUT2D eigenvalue weighted by Gasteiger charge is 2.31. The van der Waals surface area contributed by atoms with E-state index in [0.29, 0.717) is 19.7 Å². The Bertz CT molecular complexity index is 311. The molecule has 0 spiro atoms. The summed E-state index contributed by atoms with van der Waals surface area (Å²) in [4.78, 5) is 25.3. The van der Waals surface area contributed by atoms with Crippen LogP contribution in [-0.2, 0) is 14.3 Å². The molecule has 2 N–H and O–H groups in total. The van der Waals surface area contributed by atoms with Crippen molar-refractivity contribution >= 4 is 11.8 Å². The maximum absolute atomic E-state index is 12.4. The summed E-state index contributed by atoms with van der Waals surface area (Å²) in [7, 11) is 0. The second-order valence-electron chi connectivity index (χ2n) is 5.23. The van der Waals surface area contributed by atoms with Gasteiger partial charge in [-0.25, -0.2) is 0 Å². The zero-order chi connectivity index (χ0) is 13.0. The smallest absolute Gasteiger partial charge is 0.248 e. The van der Waals surface area contributed by atoms with Crippen molar-refractivity contribution in [2.24, 2.45) is 11.7 Å². The fraction of sp³-hybridized carbons (Fsp3) is 0.846. The van der Waals surface area contributed by atoms with Crippen LogP contribution in [0.1, 0.15) is 38.5 Å². The van der Waals surface area contributed by atoms with E-state index in [2.05, 4.69) is 0 Å². The SMILES string of the molecule is NC(=O)[C@H]1CN(C(=O)C2CCCCCC2)CCO1. The molecule has 5 nitrogen and oxygen atoms in total. The van der Waals surface area contributed by atoms with Crippen molar-refractivity contribution in [3.63, 3.8) is 0 Å². The van der Waals surface area contributed by atoms with Gasteiger partial charge in [-0.15, -0.1) is 0 Å². The molecule has 0 unspecified atom stereocenters. The van der Waals surface area contributed by atoms with Crippen molar-refractivity contribution in [1.82, 2.24) is 4.90 Å². The predicted octanol–water partition coefficient (Wildman–Crippen LogP) is 0.669. The van der Waals surface area contributed by atoms with E-state index in [9.17, 15) is 9.59 Å². The Labute approximate surface area is 108 Å². The highest BCUT2D eigenvalue weighted by molar-refractivity contribution is 5.82. The molecule has 0 aromatic rings. The molecule has 0 radical (unpaired) electrons. The summed E-state index contributed by atoms with van der Waals surface area (Å²) >= 11 is 0. The lowest BCUT2D eigenvalue weighted by molar-refractivity contribution is -0.148. The molecular formula is C13H22N2O3. The van der Waals surface area contributed by atoms with Crippen LogP contribution in [0.2, 0.25) is 0 Å². The van der Waals surface area contributed by atoms with Crippen LogP contribution in [0, 0.1) is 5.92 Å². The molecule has 0 aromatic carbocycles. The summed E-state index contributed by atoms with van der Waals surface area (Å²) in [5.74, 6) is -0.154. The van der Waals surface area contributed by atoms with Crippen molar-refractivity contribution < 1.29 is 14.3 Å². The molecule has 1 saturated heterocycles. The molecule has 1 aliphatic carbocycles. The Kier molecular flexibility index (Phi) is 4.58. The average Bonchev–Trinajstić information content (AvgIpc) is 2.67. The first-order valence-electron chi connectivity index (χ1n) is 6.88. The second kappa shape index (κ2) is 6.18. The molecular weight excluding hydrogens is 232 g/mol. The van der Waals surface area contributed by atoms with Gasteiger partial charge < -0.3 is 15.4 Å². The van der Waals surface area contributed by atoms with E-state index in [0.717, 1.165) is 25.7 Å². The first-order valence-corrected chi connectivity index (χ1v) is 6.88. The molecule has 2 amide bonds. The highest BCUT2D eigenvalue weighted by Crippen LogP contribution is 2.25. The molecule has 0 aromatic heterocycles. The van der Waals surface area contributed by atoms with Gasteiger partial charge in [0, 0.05) is 12.5 Å². The zero-order valence-electron chi connectivity index (χ0n) is 10.8. The summed E-state index contributed by atoms with van der Waals surface area (Å²) in [6.45, 7) is 1.32. The first kappa shape index (κ1) is 13.3. The molecule has 2 fully saturated rings. The van der Waals surface area contributed by atoms with Gasteiger partial charge in [0.2, 0.25) is 11.8 Å². The fourth-order valence-electron chi connectivity index (χ4n) is 2.81. The van der Waals surface area contributed by atoms with Gasteiger partial charge in [-0.3, -0.25) is 9.59 Å². The van der Waals surface area contributed by atoms with E-state index < -0.39 is 12.0 Å².